The largest absolute Gasteiger partial charge is 0.456 e. The van der Waals surface area contributed by atoms with Crippen LogP contribution in [-0.2, 0) is 10.8 Å². The second-order valence-electron chi connectivity index (χ2n) is 18.0. The van der Waals surface area contributed by atoms with E-state index in [1.807, 2.05) is 6.07 Å². The van der Waals surface area contributed by atoms with Gasteiger partial charge in [-0.05, 0) is 110 Å². The highest BCUT2D eigenvalue weighted by Crippen LogP contribution is 2.55. The lowest BCUT2D eigenvalue weighted by Crippen LogP contribution is -2.17. The van der Waals surface area contributed by atoms with E-state index in [1.165, 1.54) is 44.5 Å². The number of fused-ring (bicyclic) bond motifs is 14. The van der Waals surface area contributed by atoms with Gasteiger partial charge in [0.1, 0.15) is 22.3 Å². The van der Waals surface area contributed by atoms with Crippen LogP contribution in [0.1, 0.15) is 49.9 Å². The molecule has 0 radical (unpaired) electrons. The Kier molecular flexibility index (Phi) is 6.85. The molecule has 0 saturated heterocycles. The first-order valence-electron chi connectivity index (χ1n) is 21.3. The maximum atomic E-state index is 6.94. The molecular weight excluding hydrogens is 743 g/mol. The summed E-state index contributed by atoms with van der Waals surface area (Å²) in [6.45, 7) is 9.44. The van der Waals surface area contributed by atoms with Gasteiger partial charge in [0.2, 0.25) is 0 Å². The van der Waals surface area contributed by atoms with Crippen molar-refractivity contribution in [3.8, 4) is 33.4 Å². The molecule has 3 nitrogen and oxygen atoms in total. The molecule has 3 heteroatoms. The van der Waals surface area contributed by atoms with E-state index in [0.717, 1.165) is 82.8 Å². The van der Waals surface area contributed by atoms with Gasteiger partial charge in [-0.3, -0.25) is 0 Å². The van der Waals surface area contributed by atoms with Gasteiger partial charge in [-0.1, -0.05) is 143 Å². The second-order valence-corrected chi connectivity index (χ2v) is 18.0. The van der Waals surface area contributed by atoms with Crippen molar-refractivity contribution in [1.29, 1.82) is 0 Å². The number of benzene rings is 9. The maximum absolute atomic E-state index is 6.94. The number of hydrogen-bond acceptors (Lipinski definition) is 3. The van der Waals surface area contributed by atoms with E-state index in [2.05, 4.69) is 202 Å². The molecule has 13 rings (SSSR count). The van der Waals surface area contributed by atoms with Gasteiger partial charge in [-0.15, -0.1) is 0 Å². The van der Waals surface area contributed by atoms with Crippen molar-refractivity contribution in [3.05, 3.63) is 198 Å². The number of para-hydroxylation sites is 1. The first-order chi connectivity index (χ1) is 29.8. The Bertz CT molecular complexity index is 3670. The summed E-state index contributed by atoms with van der Waals surface area (Å²) in [5, 5.41) is 6.71. The molecule has 2 aliphatic carbocycles. The minimum Gasteiger partial charge on any atom is -0.456 e. The van der Waals surface area contributed by atoms with Gasteiger partial charge < -0.3 is 13.7 Å². The zero-order valence-corrected chi connectivity index (χ0v) is 34.5. The third-order valence-electron chi connectivity index (χ3n) is 14.1. The van der Waals surface area contributed by atoms with Gasteiger partial charge >= 0.3 is 0 Å². The molecule has 2 aliphatic rings. The van der Waals surface area contributed by atoms with Crippen molar-refractivity contribution in [3.63, 3.8) is 0 Å². The van der Waals surface area contributed by atoms with Crippen molar-refractivity contribution >= 4 is 71.7 Å². The van der Waals surface area contributed by atoms with Crippen molar-refractivity contribution in [2.24, 2.45) is 0 Å². The topological polar surface area (TPSA) is 29.5 Å². The standard InChI is InChI=1S/C58H41NO2/c1-57(2)46-18-10-7-15-39(46)41-25-22-35(31-48(41)57)54-50(29-30-52-55(54)45-26-21-34-13-5-6-14-38(34)56(45)61-52)59(37-24-28-44-43-17-9-12-20-51(43)60-53(44)33-37)36-23-27-42-40-16-8-11-19-47(40)58(3,4)49(42)32-36/h5-33H,1-4H3. The van der Waals surface area contributed by atoms with E-state index in [9.17, 15) is 0 Å². The van der Waals surface area contributed by atoms with Crippen LogP contribution in [0, 0.1) is 0 Å². The van der Waals surface area contributed by atoms with Crippen molar-refractivity contribution in [1.82, 2.24) is 0 Å². The number of nitrogens with zero attached hydrogens (tertiary/aromatic N) is 1. The Labute approximate surface area is 354 Å². The quantitative estimate of drug-likeness (QED) is 0.178. The van der Waals surface area contributed by atoms with Crippen LogP contribution in [-0.4, -0.2) is 0 Å². The van der Waals surface area contributed by atoms with Crippen LogP contribution in [0.15, 0.2) is 185 Å². The Balaban J connectivity index is 1.13. The number of hydrogen-bond donors (Lipinski definition) is 0. The third kappa shape index (κ3) is 4.69. The van der Waals surface area contributed by atoms with E-state index >= 15 is 0 Å². The average Bonchev–Trinajstić information content (AvgIpc) is 3.99. The monoisotopic (exact) mass is 783 g/mol. The van der Waals surface area contributed by atoms with E-state index in [0.29, 0.717) is 0 Å². The summed E-state index contributed by atoms with van der Waals surface area (Å²) < 4.78 is 13.5. The molecule has 0 saturated carbocycles. The van der Waals surface area contributed by atoms with E-state index in [-0.39, 0.29) is 10.8 Å². The number of furan rings is 2. The van der Waals surface area contributed by atoms with E-state index < -0.39 is 0 Å². The fourth-order valence-corrected chi connectivity index (χ4v) is 11.0. The van der Waals surface area contributed by atoms with Crippen LogP contribution in [0.25, 0.3) is 88.0 Å². The van der Waals surface area contributed by atoms with Crippen LogP contribution in [0.2, 0.25) is 0 Å². The summed E-state index contributed by atoms with van der Waals surface area (Å²) in [5.41, 5.74) is 19.2. The van der Waals surface area contributed by atoms with Gasteiger partial charge in [-0.2, -0.15) is 0 Å². The smallest absolute Gasteiger partial charge is 0.143 e. The first kappa shape index (κ1) is 34.5. The SMILES string of the molecule is CC1(C)c2ccccc2-c2ccc(-c3c(N(c4ccc5c(c4)C(C)(C)c4ccccc4-5)c4ccc5c(c4)oc4ccccc45)ccc4oc5c6ccccc6ccc5c34)cc21. The average molecular weight is 784 g/mol. The van der Waals surface area contributed by atoms with Gasteiger partial charge in [0.25, 0.3) is 0 Å². The summed E-state index contributed by atoms with van der Waals surface area (Å²) in [6, 6.07) is 64.5. The van der Waals surface area contributed by atoms with Crippen LogP contribution >= 0.6 is 0 Å². The Morgan fingerprint density at radius 1 is 0.393 bits per heavy atom. The molecule has 0 atom stereocenters. The minimum atomic E-state index is -0.175. The first-order valence-corrected chi connectivity index (χ1v) is 21.3. The number of anilines is 3. The Morgan fingerprint density at radius 2 is 0.984 bits per heavy atom. The minimum absolute atomic E-state index is 0.169. The highest BCUT2D eigenvalue weighted by atomic mass is 16.3. The molecule has 290 valence electrons. The molecule has 11 aromatic rings. The van der Waals surface area contributed by atoms with Crippen LogP contribution in [0.4, 0.5) is 17.1 Å². The van der Waals surface area contributed by atoms with Gasteiger partial charge in [0.15, 0.2) is 0 Å². The molecule has 0 bridgehead atoms. The molecule has 0 aliphatic heterocycles. The summed E-state index contributed by atoms with van der Waals surface area (Å²) >= 11 is 0. The van der Waals surface area contributed by atoms with Gasteiger partial charge in [0.05, 0.1) is 5.69 Å². The molecule has 2 aromatic heterocycles. The predicted molar refractivity (Wildman–Crippen MR) is 254 cm³/mol. The highest BCUT2D eigenvalue weighted by Gasteiger charge is 2.38. The predicted octanol–water partition coefficient (Wildman–Crippen LogP) is 16.4. The van der Waals surface area contributed by atoms with Crippen LogP contribution in [0.5, 0.6) is 0 Å². The molecule has 61 heavy (non-hydrogen) atoms. The fraction of sp³-hybridized carbons (Fsp3) is 0.103. The third-order valence-corrected chi connectivity index (χ3v) is 14.1. The second kappa shape index (κ2) is 12.1. The lowest BCUT2D eigenvalue weighted by atomic mass is 9.81. The molecule has 0 N–H and O–H groups in total. The Morgan fingerprint density at radius 3 is 1.77 bits per heavy atom. The normalized spacial score (nSPS) is 14.5. The van der Waals surface area contributed by atoms with Crippen LogP contribution in [0.3, 0.4) is 0 Å². The lowest BCUT2D eigenvalue weighted by molar-refractivity contribution is 0.660. The van der Waals surface area contributed by atoms with Crippen molar-refractivity contribution in [2.45, 2.75) is 38.5 Å². The lowest BCUT2D eigenvalue weighted by Gasteiger charge is -2.30. The maximum Gasteiger partial charge on any atom is 0.143 e. The molecule has 0 spiro atoms. The molecule has 2 heterocycles. The molecule has 0 unspecified atom stereocenters. The van der Waals surface area contributed by atoms with Crippen LogP contribution < -0.4 is 4.90 Å². The Hall–Kier alpha value is -7.36. The van der Waals surface area contributed by atoms with E-state index in [4.69, 9.17) is 8.83 Å². The van der Waals surface area contributed by atoms with Gasteiger partial charge in [0, 0.05) is 60.8 Å². The fourth-order valence-electron chi connectivity index (χ4n) is 11.0. The molecule has 0 amide bonds. The summed E-state index contributed by atoms with van der Waals surface area (Å²) in [4.78, 5) is 2.45. The summed E-state index contributed by atoms with van der Waals surface area (Å²) in [6.07, 6.45) is 0. The molecule has 0 fully saturated rings. The number of rotatable bonds is 4. The zero-order chi connectivity index (χ0) is 40.8. The van der Waals surface area contributed by atoms with E-state index in [1.54, 1.807) is 0 Å². The summed E-state index contributed by atoms with van der Waals surface area (Å²) in [7, 11) is 0. The molecule has 9 aromatic carbocycles. The molecular formula is C58H41NO2. The highest BCUT2D eigenvalue weighted by molar-refractivity contribution is 6.21. The zero-order valence-electron chi connectivity index (χ0n) is 34.5. The van der Waals surface area contributed by atoms with Gasteiger partial charge in [-0.25, -0.2) is 0 Å². The summed E-state index contributed by atoms with van der Waals surface area (Å²) in [5.74, 6) is 0. The van der Waals surface area contributed by atoms with Crippen molar-refractivity contribution < 1.29 is 8.83 Å². The van der Waals surface area contributed by atoms with Crippen molar-refractivity contribution in [2.75, 3.05) is 4.90 Å².